The molecule has 0 bridgehead atoms. The van der Waals surface area contributed by atoms with Crippen LogP contribution in [0.15, 0.2) is 39.4 Å². The third-order valence-electron chi connectivity index (χ3n) is 3.04. The van der Waals surface area contributed by atoms with Crippen LogP contribution in [0.3, 0.4) is 0 Å². The highest BCUT2D eigenvalue weighted by Gasteiger charge is 2.16. The molecule has 0 fully saturated rings. The molecule has 0 spiro atoms. The van der Waals surface area contributed by atoms with Crippen LogP contribution in [0.4, 0.5) is 5.69 Å². The largest absolute Gasteiger partial charge is 0.294 e. The van der Waals surface area contributed by atoms with Crippen LogP contribution < -0.4 is 0 Å². The van der Waals surface area contributed by atoms with Crippen LogP contribution in [0.1, 0.15) is 5.69 Å². The first-order valence-electron chi connectivity index (χ1n) is 6.23. The average molecular weight is 320 g/mol. The summed E-state index contributed by atoms with van der Waals surface area (Å²) in [5.74, 6) is 0.310. The molecule has 0 atom stereocenters. The third kappa shape index (κ3) is 2.38. The zero-order chi connectivity index (χ0) is 15.9. The van der Waals surface area contributed by atoms with Crippen LogP contribution in [-0.4, -0.2) is 39.8 Å². The number of benzene rings is 1. The van der Waals surface area contributed by atoms with Crippen molar-refractivity contribution in [1.29, 1.82) is 0 Å². The fourth-order valence-electron chi connectivity index (χ4n) is 2.06. The first-order valence-corrected chi connectivity index (χ1v) is 7.67. The van der Waals surface area contributed by atoms with E-state index in [9.17, 15) is 8.42 Å². The lowest BCUT2D eigenvalue weighted by Crippen LogP contribution is -1.98. The molecule has 2 N–H and O–H groups in total. The van der Waals surface area contributed by atoms with Crippen molar-refractivity contribution in [1.82, 2.24) is 19.8 Å². The summed E-state index contributed by atoms with van der Waals surface area (Å²) in [6, 6.07) is 5.75. The lowest BCUT2D eigenvalue weighted by molar-refractivity contribution is 0.483. The van der Waals surface area contributed by atoms with Gasteiger partial charge in [-0.1, -0.05) is 12.1 Å². The maximum absolute atomic E-state index is 11.2. The molecule has 114 valence electrons. The van der Waals surface area contributed by atoms with Crippen LogP contribution in [0.25, 0.3) is 17.0 Å². The summed E-state index contributed by atoms with van der Waals surface area (Å²) in [5.41, 5.74) is 2.27. The van der Waals surface area contributed by atoms with Crippen molar-refractivity contribution in [3.05, 3.63) is 30.0 Å². The molecule has 0 amide bonds. The summed E-state index contributed by atoms with van der Waals surface area (Å²) >= 11 is 0. The topological polar surface area (TPSA) is 125 Å². The maximum atomic E-state index is 11.2. The number of aryl methyl sites for hydroxylation is 1. The van der Waals surface area contributed by atoms with E-state index >= 15 is 0 Å². The first kappa shape index (κ1) is 14.4. The maximum Gasteiger partial charge on any atom is 0.294 e. The summed E-state index contributed by atoms with van der Waals surface area (Å²) in [6.45, 7) is 1.82. The van der Waals surface area contributed by atoms with Crippen molar-refractivity contribution in [2.75, 3.05) is 7.05 Å². The van der Waals surface area contributed by atoms with Gasteiger partial charge < -0.3 is 0 Å². The molecule has 3 aromatic rings. The standard InChI is InChI=1S/C12H12N6O3S/c1-7-10(15-13-2)12-14-11(17-18(12)16-7)8-4-3-5-9(6-8)22(19,20)21/h3-6,16H,1-2H3,(H,19,20,21). The highest BCUT2D eigenvalue weighted by atomic mass is 32.2. The summed E-state index contributed by atoms with van der Waals surface area (Å²) < 4.78 is 32.9. The van der Waals surface area contributed by atoms with E-state index in [1.54, 1.807) is 13.1 Å². The van der Waals surface area contributed by atoms with Crippen molar-refractivity contribution in [2.24, 2.45) is 10.2 Å². The monoisotopic (exact) mass is 320 g/mol. The van der Waals surface area contributed by atoms with Crippen LogP contribution >= 0.6 is 0 Å². The average Bonchev–Trinajstić information content (AvgIpc) is 2.98. The Labute approximate surface area is 125 Å². The molecule has 0 aliphatic heterocycles. The SMILES string of the molecule is CN=Nc1c(C)[nH]n2nc(-c3cccc(S(=O)(=O)O)c3)nc12. The molecule has 0 unspecified atom stereocenters. The second-order valence-electron chi connectivity index (χ2n) is 4.56. The molecule has 9 nitrogen and oxygen atoms in total. The molecule has 2 aromatic heterocycles. The van der Waals surface area contributed by atoms with E-state index in [1.165, 1.54) is 22.8 Å². The number of azo groups is 1. The zero-order valence-electron chi connectivity index (χ0n) is 11.7. The number of fused-ring (bicyclic) bond motifs is 1. The molecule has 22 heavy (non-hydrogen) atoms. The van der Waals surface area contributed by atoms with Gasteiger partial charge in [0.25, 0.3) is 10.1 Å². The fraction of sp³-hybridized carbons (Fsp3) is 0.167. The van der Waals surface area contributed by atoms with Crippen molar-refractivity contribution >= 4 is 21.5 Å². The van der Waals surface area contributed by atoms with E-state index in [1.807, 2.05) is 6.92 Å². The Morgan fingerprint density at radius 2 is 2.14 bits per heavy atom. The molecule has 1 aromatic carbocycles. The highest BCUT2D eigenvalue weighted by molar-refractivity contribution is 7.85. The normalized spacial score (nSPS) is 12.5. The summed E-state index contributed by atoms with van der Waals surface area (Å²) in [6.07, 6.45) is 0. The van der Waals surface area contributed by atoms with E-state index in [-0.39, 0.29) is 4.90 Å². The number of rotatable bonds is 3. The second kappa shape index (κ2) is 5.00. The number of H-pyrrole nitrogens is 1. The molecular formula is C12H12N6O3S. The van der Waals surface area contributed by atoms with Gasteiger partial charge in [-0.2, -0.15) is 23.3 Å². The van der Waals surface area contributed by atoms with Crippen molar-refractivity contribution in [2.45, 2.75) is 11.8 Å². The fourth-order valence-corrected chi connectivity index (χ4v) is 2.59. The van der Waals surface area contributed by atoms with Gasteiger partial charge in [-0.25, -0.2) is 4.98 Å². The Hall–Kier alpha value is -2.59. The van der Waals surface area contributed by atoms with Gasteiger partial charge in [0.1, 0.15) is 0 Å². The number of nitrogens with zero attached hydrogens (tertiary/aromatic N) is 5. The summed E-state index contributed by atoms with van der Waals surface area (Å²) in [5, 5.41) is 14.9. The van der Waals surface area contributed by atoms with Crippen LogP contribution in [-0.2, 0) is 10.1 Å². The van der Waals surface area contributed by atoms with Gasteiger partial charge in [-0.05, 0) is 19.1 Å². The van der Waals surface area contributed by atoms with Crippen LogP contribution in [0, 0.1) is 6.92 Å². The minimum absolute atomic E-state index is 0.215. The van der Waals surface area contributed by atoms with Crippen molar-refractivity contribution < 1.29 is 13.0 Å². The predicted molar refractivity (Wildman–Crippen MR) is 77.8 cm³/mol. The summed E-state index contributed by atoms with van der Waals surface area (Å²) in [4.78, 5) is 4.12. The number of hydrogen-bond donors (Lipinski definition) is 2. The van der Waals surface area contributed by atoms with Gasteiger partial charge in [0, 0.05) is 12.6 Å². The minimum atomic E-state index is -4.28. The lowest BCUT2D eigenvalue weighted by Gasteiger charge is -1.99. The summed E-state index contributed by atoms with van der Waals surface area (Å²) in [7, 11) is -2.73. The Morgan fingerprint density at radius 1 is 1.36 bits per heavy atom. The quantitative estimate of drug-likeness (QED) is 0.564. The van der Waals surface area contributed by atoms with E-state index < -0.39 is 10.1 Å². The van der Waals surface area contributed by atoms with Gasteiger partial charge in [0.05, 0.1) is 10.6 Å². The number of aromatic amines is 1. The highest BCUT2D eigenvalue weighted by Crippen LogP contribution is 2.26. The minimum Gasteiger partial charge on any atom is -0.282 e. The number of aromatic nitrogens is 4. The molecule has 0 aliphatic carbocycles. The second-order valence-corrected chi connectivity index (χ2v) is 5.98. The molecule has 0 radical (unpaired) electrons. The smallest absolute Gasteiger partial charge is 0.282 e. The van der Waals surface area contributed by atoms with Crippen LogP contribution in [0.2, 0.25) is 0 Å². The third-order valence-corrected chi connectivity index (χ3v) is 3.89. The molecule has 3 rings (SSSR count). The molecule has 2 heterocycles. The van der Waals surface area contributed by atoms with E-state index in [4.69, 9.17) is 4.55 Å². The van der Waals surface area contributed by atoms with Gasteiger partial charge in [-0.3, -0.25) is 9.65 Å². The molecule has 0 saturated carbocycles. The predicted octanol–water partition coefficient (Wildman–Crippen LogP) is 1.99. The van der Waals surface area contributed by atoms with Crippen LogP contribution in [0.5, 0.6) is 0 Å². The van der Waals surface area contributed by atoms with Gasteiger partial charge in [0.2, 0.25) is 5.65 Å². The van der Waals surface area contributed by atoms with Gasteiger partial charge in [0.15, 0.2) is 11.5 Å². The lowest BCUT2D eigenvalue weighted by atomic mass is 10.2. The number of nitrogens with one attached hydrogen (secondary N) is 1. The van der Waals surface area contributed by atoms with E-state index in [0.29, 0.717) is 22.7 Å². The Morgan fingerprint density at radius 3 is 2.82 bits per heavy atom. The van der Waals surface area contributed by atoms with Crippen molar-refractivity contribution in [3.8, 4) is 11.4 Å². The zero-order valence-corrected chi connectivity index (χ0v) is 12.5. The Bertz CT molecular complexity index is 986. The molecular weight excluding hydrogens is 308 g/mol. The molecule has 0 saturated heterocycles. The first-order chi connectivity index (χ1) is 10.4. The van der Waals surface area contributed by atoms with E-state index in [2.05, 4.69) is 25.4 Å². The van der Waals surface area contributed by atoms with Crippen molar-refractivity contribution in [3.63, 3.8) is 0 Å². The molecule has 0 aliphatic rings. The van der Waals surface area contributed by atoms with Gasteiger partial charge in [-0.15, -0.1) is 5.10 Å². The Balaban J connectivity index is 2.15. The Kier molecular flexibility index (Phi) is 3.26. The van der Waals surface area contributed by atoms with E-state index in [0.717, 1.165) is 5.69 Å². The molecule has 10 heteroatoms. The van der Waals surface area contributed by atoms with Gasteiger partial charge >= 0.3 is 0 Å². The number of hydrogen-bond acceptors (Lipinski definition) is 6.